The number of rotatable bonds is 4. The zero-order valence-corrected chi connectivity index (χ0v) is 17.4. The molecule has 0 unspecified atom stereocenters. The third-order valence-electron chi connectivity index (χ3n) is 7.51. The summed E-state index contributed by atoms with van der Waals surface area (Å²) in [5.74, 6) is 1.63. The van der Waals surface area contributed by atoms with E-state index in [1.807, 2.05) is 6.20 Å². The highest BCUT2D eigenvalue weighted by Crippen LogP contribution is 2.45. The van der Waals surface area contributed by atoms with Gasteiger partial charge in [-0.1, -0.05) is 13.3 Å². The molecule has 1 amide bonds. The fourth-order valence-corrected chi connectivity index (χ4v) is 5.33. The number of nitrogens with zero attached hydrogens (tertiary/aromatic N) is 3. The zero-order chi connectivity index (χ0) is 19.9. The van der Waals surface area contributed by atoms with Gasteiger partial charge in [-0.15, -0.1) is 0 Å². The van der Waals surface area contributed by atoms with Gasteiger partial charge in [0.25, 0.3) is 0 Å². The molecule has 5 rings (SSSR count). The Morgan fingerprint density at radius 3 is 2.86 bits per heavy atom. The quantitative estimate of drug-likeness (QED) is 0.837. The van der Waals surface area contributed by atoms with E-state index in [9.17, 15) is 4.79 Å². The summed E-state index contributed by atoms with van der Waals surface area (Å²) in [6.45, 7) is 7.41. The normalized spacial score (nSPS) is 28.8. The van der Waals surface area contributed by atoms with E-state index in [4.69, 9.17) is 14.5 Å². The van der Waals surface area contributed by atoms with Gasteiger partial charge in [-0.05, 0) is 38.0 Å². The summed E-state index contributed by atoms with van der Waals surface area (Å²) in [7, 11) is 0. The first-order valence-electron chi connectivity index (χ1n) is 11.1. The van der Waals surface area contributed by atoms with Crippen LogP contribution in [0, 0.1) is 11.3 Å². The molecule has 3 fully saturated rings. The van der Waals surface area contributed by atoms with Gasteiger partial charge in [0, 0.05) is 50.0 Å². The van der Waals surface area contributed by atoms with Crippen molar-refractivity contribution in [2.75, 3.05) is 44.8 Å². The van der Waals surface area contributed by atoms with E-state index in [-0.39, 0.29) is 10.8 Å². The molecule has 0 bridgehead atoms. The lowest BCUT2D eigenvalue weighted by Crippen LogP contribution is -2.47. The van der Waals surface area contributed by atoms with Crippen LogP contribution in [-0.2, 0) is 26.3 Å². The minimum Gasteiger partial charge on any atom is -0.381 e. The van der Waals surface area contributed by atoms with Crippen molar-refractivity contribution in [3.05, 3.63) is 17.5 Å². The van der Waals surface area contributed by atoms with Gasteiger partial charge in [0.15, 0.2) is 0 Å². The third kappa shape index (κ3) is 3.52. The maximum atomic E-state index is 13.1. The topological polar surface area (TPSA) is 76.6 Å². The standard InChI is InChI=1S/C22H32N4O3/c1-21(5-2-6-21)19(27)26-8-7-22(14-26)15-29-13-17-12-24-20(25-18(17)22)23-11-16-3-9-28-10-4-16/h12,16H,2-11,13-15H2,1H3,(H,23,24,25)/t22-/m0/s1. The summed E-state index contributed by atoms with van der Waals surface area (Å²) in [4.78, 5) is 24.6. The van der Waals surface area contributed by atoms with Crippen molar-refractivity contribution in [1.82, 2.24) is 14.9 Å². The summed E-state index contributed by atoms with van der Waals surface area (Å²) < 4.78 is 11.4. The van der Waals surface area contributed by atoms with Crippen LogP contribution in [0.25, 0.3) is 0 Å². The van der Waals surface area contributed by atoms with Crippen molar-refractivity contribution in [1.29, 1.82) is 0 Å². The van der Waals surface area contributed by atoms with Crippen LogP contribution in [0.4, 0.5) is 5.95 Å². The lowest BCUT2D eigenvalue weighted by molar-refractivity contribution is -0.145. The lowest BCUT2D eigenvalue weighted by atomic mass is 9.69. The second-order valence-corrected chi connectivity index (χ2v) is 9.67. The van der Waals surface area contributed by atoms with E-state index < -0.39 is 0 Å². The molecule has 1 N–H and O–H groups in total. The smallest absolute Gasteiger partial charge is 0.228 e. The molecule has 0 aromatic carbocycles. The highest BCUT2D eigenvalue weighted by Gasteiger charge is 2.50. The van der Waals surface area contributed by atoms with Crippen molar-refractivity contribution in [2.24, 2.45) is 11.3 Å². The molecule has 2 saturated heterocycles. The lowest BCUT2D eigenvalue weighted by Gasteiger charge is -2.40. The molecule has 29 heavy (non-hydrogen) atoms. The van der Waals surface area contributed by atoms with Gasteiger partial charge in [-0.25, -0.2) is 9.97 Å². The maximum absolute atomic E-state index is 13.1. The van der Waals surface area contributed by atoms with Crippen LogP contribution in [0.15, 0.2) is 6.20 Å². The highest BCUT2D eigenvalue weighted by molar-refractivity contribution is 5.83. The number of likely N-dealkylation sites (tertiary alicyclic amines) is 1. The van der Waals surface area contributed by atoms with Gasteiger partial charge >= 0.3 is 0 Å². The minimum absolute atomic E-state index is 0.147. The number of anilines is 1. The molecular weight excluding hydrogens is 368 g/mol. The molecule has 1 aliphatic carbocycles. The minimum atomic E-state index is -0.193. The Bertz CT molecular complexity index is 775. The van der Waals surface area contributed by atoms with Crippen LogP contribution in [0.5, 0.6) is 0 Å². The number of hydrogen-bond acceptors (Lipinski definition) is 6. The number of carbonyl (C=O) groups is 1. The largest absolute Gasteiger partial charge is 0.381 e. The average molecular weight is 401 g/mol. The molecule has 1 atom stereocenters. The molecule has 158 valence electrons. The van der Waals surface area contributed by atoms with E-state index >= 15 is 0 Å². The summed E-state index contributed by atoms with van der Waals surface area (Å²) in [6, 6.07) is 0. The molecule has 4 aliphatic rings. The molecule has 0 radical (unpaired) electrons. The van der Waals surface area contributed by atoms with Crippen LogP contribution < -0.4 is 5.32 Å². The monoisotopic (exact) mass is 400 g/mol. The Morgan fingerprint density at radius 1 is 1.28 bits per heavy atom. The molecule has 7 nitrogen and oxygen atoms in total. The molecule has 1 saturated carbocycles. The predicted molar refractivity (Wildman–Crippen MR) is 109 cm³/mol. The molecule has 1 aromatic heterocycles. The highest BCUT2D eigenvalue weighted by atomic mass is 16.5. The Hall–Kier alpha value is -1.73. The van der Waals surface area contributed by atoms with Gasteiger partial charge in [-0.2, -0.15) is 0 Å². The van der Waals surface area contributed by atoms with Crippen LogP contribution in [0.2, 0.25) is 0 Å². The molecule has 1 spiro atoms. The predicted octanol–water partition coefficient (Wildman–Crippen LogP) is 2.51. The second-order valence-electron chi connectivity index (χ2n) is 9.67. The second kappa shape index (κ2) is 7.51. The van der Waals surface area contributed by atoms with Gasteiger partial charge < -0.3 is 19.7 Å². The molecule has 3 aliphatic heterocycles. The van der Waals surface area contributed by atoms with E-state index in [1.165, 1.54) is 6.42 Å². The number of carbonyl (C=O) groups excluding carboxylic acids is 1. The van der Waals surface area contributed by atoms with Crippen LogP contribution >= 0.6 is 0 Å². The SMILES string of the molecule is CC1(C(=O)N2CC[C@@]3(COCc4cnc(NCC5CCOCC5)nc43)C2)CCC1. The molecule has 4 heterocycles. The summed E-state index contributed by atoms with van der Waals surface area (Å²) >= 11 is 0. The van der Waals surface area contributed by atoms with Gasteiger partial charge in [0.1, 0.15) is 0 Å². The van der Waals surface area contributed by atoms with Gasteiger partial charge in [-0.3, -0.25) is 4.79 Å². The maximum Gasteiger partial charge on any atom is 0.228 e. The first-order chi connectivity index (χ1) is 14.1. The fraction of sp³-hybridized carbons (Fsp3) is 0.773. The van der Waals surface area contributed by atoms with E-state index in [2.05, 4.69) is 22.1 Å². The number of fused-ring (bicyclic) bond motifs is 2. The zero-order valence-electron chi connectivity index (χ0n) is 17.4. The average Bonchev–Trinajstić information content (AvgIpc) is 3.16. The molecule has 7 heteroatoms. The first kappa shape index (κ1) is 19.2. The number of aromatic nitrogens is 2. The van der Waals surface area contributed by atoms with Crippen molar-refractivity contribution in [2.45, 2.75) is 57.5 Å². The third-order valence-corrected chi connectivity index (χ3v) is 7.51. The summed E-state index contributed by atoms with van der Waals surface area (Å²) in [5, 5.41) is 3.45. The van der Waals surface area contributed by atoms with Crippen LogP contribution in [0.1, 0.15) is 56.7 Å². The molecule has 1 aromatic rings. The number of ether oxygens (including phenoxy) is 2. The Balaban J connectivity index is 1.32. The molecular formula is C22H32N4O3. The van der Waals surface area contributed by atoms with Crippen molar-refractivity contribution < 1.29 is 14.3 Å². The Labute approximate surface area is 172 Å². The number of amides is 1. The van der Waals surface area contributed by atoms with Gasteiger partial charge in [0.05, 0.1) is 24.3 Å². The van der Waals surface area contributed by atoms with Crippen molar-refractivity contribution in [3.63, 3.8) is 0 Å². The van der Waals surface area contributed by atoms with E-state index in [1.54, 1.807) is 0 Å². The van der Waals surface area contributed by atoms with Crippen molar-refractivity contribution in [3.8, 4) is 0 Å². The summed E-state index contributed by atoms with van der Waals surface area (Å²) in [5.41, 5.74) is 1.81. The fourth-order valence-electron chi connectivity index (χ4n) is 5.33. The van der Waals surface area contributed by atoms with E-state index in [0.717, 1.165) is 69.7 Å². The number of hydrogen-bond donors (Lipinski definition) is 1. The van der Waals surface area contributed by atoms with Crippen LogP contribution in [-0.4, -0.2) is 60.2 Å². The van der Waals surface area contributed by atoms with Crippen molar-refractivity contribution >= 4 is 11.9 Å². The van der Waals surface area contributed by atoms with E-state index in [0.29, 0.717) is 37.5 Å². The van der Waals surface area contributed by atoms with Crippen LogP contribution in [0.3, 0.4) is 0 Å². The van der Waals surface area contributed by atoms with Gasteiger partial charge in [0.2, 0.25) is 11.9 Å². The Kier molecular flexibility index (Phi) is 4.98. The number of nitrogens with one attached hydrogen (secondary N) is 1. The first-order valence-corrected chi connectivity index (χ1v) is 11.1. The summed E-state index contributed by atoms with van der Waals surface area (Å²) in [6.07, 6.45) is 8.21. The Morgan fingerprint density at radius 2 is 2.10 bits per heavy atom.